The molecule has 58 heavy (non-hydrogen) atoms. The Labute approximate surface area is 335 Å². The number of piperazine rings is 1. The van der Waals surface area contributed by atoms with Gasteiger partial charge in [-0.1, -0.05) is 0 Å². The van der Waals surface area contributed by atoms with Gasteiger partial charge in [-0.2, -0.15) is 15.2 Å². The maximum Gasteiger partial charge on any atom is 0.412 e. The molecule has 4 aromatic rings. The summed E-state index contributed by atoms with van der Waals surface area (Å²) in [6, 6.07) is 3.99. The smallest absolute Gasteiger partial charge is 0.412 e. The van der Waals surface area contributed by atoms with Crippen molar-refractivity contribution in [1.82, 2.24) is 24.8 Å². The zero-order chi connectivity index (χ0) is 40.7. The number of halogens is 3. The zero-order valence-electron chi connectivity index (χ0n) is 32.3. The number of alkyl halides is 1. The standard InChI is InChI=1S/C40H43F3N8O6S/c1-38(2,3)57-36(52)48-34-25(14-44)28-24(7-8-27(42)32(28)58-34)30-29(43)31-26(15-45-30)33(47-35(46-31)56-19-39-10-4-12-50(39)16-21(41)13-39)49-17-22-9-11-40(18-49,51(22)37(53)54)20-55-23-5-6-23/h7-8,15,21-23H,4-6,9-13,16-20H2,1-3H3,(H,48,52)(H,53,54)/t21-,22+,39+,40-/m1/s1. The Morgan fingerprint density at radius 3 is 2.67 bits per heavy atom. The maximum atomic E-state index is 17.3. The number of pyridine rings is 1. The first-order valence-electron chi connectivity index (χ1n) is 19.6. The fourth-order valence-electron chi connectivity index (χ4n) is 9.41. The molecule has 7 heterocycles. The predicted molar refractivity (Wildman–Crippen MR) is 208 cm³/mol. The molecule has 18 heteroatoms. The number of hydrogen-bond acceptors (Lipinski definition) is 12. The number of rotatable bonds is 9. The highest BCUT2D eigenvalue weighted by molar-refractivity contribution is 7.23. The molecule has 4 saturated heterocycles. The van der Waals surface area contributed by atoms with Crippen LogP contribution in [0.5, 0.6) is 6.01 Å². The molecule has 1 saturated carbocycles. The zero-order valence-corrected chi connectivity index (χ0v) is 33.1. The number of anilines is 2. The van der Waals surface area contributed by atoms with Gasteiger partial charge in [0.15, 0.2) is 5.82 Å². The predicted octanol–water partition coefficient (Wildman–Crippen LogP) is 7.24. The van der Waals surface area contributed by atoms with Gasteiger partial charge in [-0.3, -0.25) is 20.1 Å². The molecule has 1 aromatic carbocycles. The van der Waals surface area contributed by atoms with Gasteiger partial charge in [0.2, 0.25) is 0 Å². The Kier molecular flexibility index (Phi) is 9.36. The van der Waals surface area contributed by atoms with E-state index in [4.69, 9.17) is 19.2 Å². The number of nitrogens with one attached hydrogen (secondary N) is 1. The summed E-state index contributed by atoms with van der Waals surface area (Å²) in [5, 5.41) is 23.5. The van der Waals surface area contributed by atoms with E-state index in [-0.39, 0.29) is 87.3 Å². The van der Waals surface area contributed by atoms with Crippen molar-refractivity contribution in [1.29, 1.82) is 5.26 Å². The van der Waals surface area contributed by atoms with Crippen molar-refractivity contribution in [2.45, 2.75) is 101 Å². The SMILES string of the molecule is CC(C)(C)OC(=O)Nc1sc2c(F)ccc(-c3ncc4c(N5C[C@@H]6CC[C@](COC7CC7)(C5)N6C(=O)O)nc(OC[C@@]56CCCN5C[C@H](F)C6)nc4c3F)c2c1C#N. The van der Waals surface area contributed by atoms with Crippen molar-refractivity contribution >= 4 is 55.3 Å². The van der Waals surface area contributed by atoms with Gasteiger partial charge in [-0.25, -0.2) is 22.8 Å². The van der Waals surface area contributed by atoms with Crippen LogP contribution < -0.4 is 15.0 Å². The van der Waals surface area contributed by atoms with Gasteiger partial charge in [0, 0.05) is 43.2 Å². The Morgan fingerprint density at radius 1 is 1.12 bits per heavy atom. The van der Waals surface area contributed by atoms with Gasteiger partial charge in [-0.15, -0.1) is 11.3 Å². The molecule has 2 amide bonds. The molecular formula is C40H43F3N8O6S. The van der Waals surface area contributed by atoms with Gasteiger partial charge >= 0.3 is 18.2 Å². The average molecular weight is 821 g/mol. The lowest BCUT2D eigenvalue weighted by Gasteiger charge is -2.48. The van der Waals surface area contributed by atoms with Gasteiger partial charge < -0.3 is 24.2 Å². The molecule has 1 aliphatic carbocycles. The van der Waals surface area contributed by atoms with Gasteiger partial charge in [0.05, 0.1) is 45.5 Å². The van der Waals surface area contributed by atoms with Crippen LogP contribution in [0, 0.1) is 23.0 Å². The number of carbonyl (C=O) groups is 2. The molecule has 306 valence electrons. The second kappa shape index (κ2) is 14.1. The molecule has 14 nitrogen and oxygen atoms in total. The third kappa shape index (κ3) is 6.70. The number of hydrogen-bond donors (Lipinski definition) is 2. The van der Waals surface area contributed by atoms with Crippen molar-refractivity contribution in [2.75, 3.05) is 49.6 Å². The summed E-state index contributed by atoms with van der Waals surface area (Å²) in [4.78, 5) is 44.8. The highest BCUT2D eigenvalue weighted by Gasteiger charge is 2.55. The van der Waals surface area contributed by atoms with Crippen LogP contribution in [0.1, 0.15) is 71.3 Å². The number of carbonyl (C=O) groups excluding carboxylic acids is 1. The van der Waals surface area contributed by atoms with E-state index in [9.17, 15) is 24.3 Å². The van der Waals surface area contributed by atoms with E-state index in [1.54, 1.807) is 20.8 Å². The first kappa shape index (κ1) is 38.5. The molecule has 5 aliphatic rings. The number of benzene rings is 1. The molecule has 3 aromatic heterocycles. The molecule has 0 radical (unpaired) electrons. The van der Waals surface area contributed by atoms with Crippen LogP contribution in [-0.2, 0) is 9.47 Å². The molecule has 5 fully saturated rings. The minimum absolute atomic E-state index is 0.00222. The van der Waals surface area contributed by atoms with E-state index >= 15 is 8.78 Å². The lowest BCUT2D eigenvalue weighted by atomic mass is 9.95. The highest BCUT2D eigenvalue weighted by Crippen LogP contribution is 2.46. The van der Waals surface area contributed by atoms with E-state index in [0.717, 1.165) is 49.6 Å². The van der Waals surface area contributed by atoms with Crippen molar-refractivity contribution in [3.63, 3.8) is 0 Å². The Morgan fingerprint density at radius 2 is 1.93 bits per heavy atom. The number of nitriles is 1. The number of amides is 2. The summed E-state index contributed by atoms with van der Waals surface area (Å²) in [5.41, 5.74) is -2.66. The molecule has 4 atom stereocenters. The quantitative estimate of drug-likeness (QED) is 0.174. The highest BCUT2D eigenvalue weighted by atomic mass is 32.1. The number of fused-ring (bicyclic) bond motifs is 5. The number of ether oxygens (including phenoxy) is 3. The lowest BCUT2D eigenvalue weighted by molar-refractivity contribution is -0.00518. The normalized spacial score (nSPS) is 25.7. The number of aromatic nitrogens is 3. The van der Waals surface area contributed by atoms with E-state index in [1.807, 2.05) is 11.0 Å². The average Bonchev–Trinajstić information content (AvgIpc) is 3.59. The summed E-state index contributed by atoms with van der Waals surface area (Å²) in [6.45, 7) is 6.86. The van der Waals surface area contributed by atoms with Crippen LogP contribution in [0.3, 0.4) is 0 Å². The second-order valence-corrected chi connectivity index (χ2v) is 18.2. The van der Waals surface area contributed by atoms with E-state index in [2.05, 4.69) is 20.2 Å². The largest absolute Gasteiger partial charge is 0.465 e. The summed E-state index contributed by atoms with van der Waals surface area (Å²) >= 11 is 0.816. The third-order valence-electron chi connectivity index (χ3n) is 12.0. The molecular weight excluding hydrogens is 778 g/mol. The summed E-state index contributed by atoms with van der Waals surface area (Å²) in [6.07, 6.45) is 3.58. The number of thiophene rings is 1. The molecule has 2 N–H and O–H groups in total. The maximum absolute atomic E-state index is 17.3. The van der Waals surface area contributed by atoms with Gasteiger partial charge in [-0.05, 0) is 78.0 Å². The fraction of sp³-hybridized carbons (Fsp3) is 0.550. The van der Waals surface area contributed by atoms with Crippen molar-refractivity contribution in [3.05, 3.63) is 35.5 Å². The van der Waals surface area contributed by atoms with Crippen molar-refractivity contribution in [2.24, 2.45) is 0 Å². The monoisotopic (exact) mass is 820 g/mol. The molecule has 9 rings (SSSR count). The fourth-order valence-corrected chi connectivity index (χ4v) is 10.5. The Hall–Kier alpha value is -4.99. The number of nitrogens with zero attached hydrogens (tertiary/aromatic N) is 7. The van der Waals surface area contributed by atoms with Crippen molar-refractivity contribution in [3.8, 4) is 23.3 Å². The van der Waals surface area contributed by atoms with E-state index in [0.29, 0.717) is 31.6 Å². The molecule has 4 aliphatic heterocycles. The van der Waals surface area contributed by atoms with Crippen molar-refractivity contribution < 1.29 is 42.1 Å². The minimum atomic E-state index is -1.03. The minimum Gasteiger partial charge on any atom is -0.465 e. The van der Waals surface area contributed by atoms with E-state index < -0.39 is 46.7 Å². The molecule has 0 unspecified atom stereocenters. The topological polar surface area (TPSA) is 166 Å². The van der Waals surface area contributed by atoms with Crippen LogP contribution in [0.4, 0.5) is 33.6 Å². The lowest BCUT2D eigenvalue weighted by Crippen LogP contribution is -2.65. The van der Waals surface area contributed by atoms with E-state index in [1.165, 1.54) is 17.2 Å². The summed E-state index contributed by atoms with van der Waals surface area (Å²) in [5.74, 6) is -1.28. The van der Waals surface area contributed by atoms with Crippen LogP contribution >= 0.6 is 11.3 Å². The van der Waals surface area contributed by atoms with Crippen LogP contribution in [0.25, 0.3) is 32.2 Å². The molecule has 0 spiro atoms. The number of carboxylic acid groups (broad SMARTS) is 1. The molecule has 2 bridgehead atoms. The third-order valence-corrected chi connectivity index (χ3v) is 13.1. The van der Waals surface area contributed by atoms with Crippen LogP contribution in [0.2, 0.25) is 0 Å². The second-order valence-electron chi connectivity index (χ2n) is 17.2. The Bertz CT molecular complexity index is 2380. The van der Waals surface area contributed by atoms with Crippen LogP contribution in [-0.4, -0.2) is 116 Å². The van der Waals surface area contributed by atoms with Gasteiger partial charge in [0.25, 0.3) is 0 Å². The Balaban J connectivity index is 1.15. The first-order chi connectivity index (χ1) is 27.7. The van der Waals surface area contributed by atoms with Gasteiger partial charge in [0.1, 0.15) is 52.3 Å². The summed E-state index contributed by atoms with van der Waals surface area (Å²) < 4.78 is 65.3. The summed E-state index contributed by atoms with van der Waals surface area (Å²) in [7, 11) is 0. The van der Waals surface area contributed by atoms with Crippen LogP contribution in [0.15, 0.2) is 18.3 Å². The first-order valence-corrected chi connectivity index (χ1v) is 20.4.